The summed E-state index contributed by atoms with van der Waals surface area (Å²) < 4.78 is 12.4. The first-order chi connectivity index (χ1) is 11.5. The number of hydrogen-bond acceptors (Lipinski definition) is 5. The molecule has 1 heterocycles. The van der Waals surface area contributed by atoms with E-state index in [1.54, 1.807) is 23.5 Å². The molecular formula is C19H14O4S. The molecule has 0 unspecified atom stereocenters. The number of carbonyl (C=O) groups is 2. The Morgan fingerprint density at radius 3 is 2.38 bits per heavy atom. The molecule has 0 N–H and O–H groups in total. The first-order valence-corrected chi connectivity index (χ1v) is 7.99. The third-order valence-corrected chi connectivity index (χ3v) is 4.86. The van der Waals surface area contributed by atoms with Crippen molar-refractivity contribution in [3.63, 3.8) is 0 Å². The minimum absolute atomic E-state index is 0.468. The van der Waals surface area contributed by atoms with Crippen LogP contribution in [0.2, 0.25) is 0 Å². The van der Waals surface area contributed by atoms with Gasteiger partial charge in [-0.05, 0) is 37.3 Å². The predicted molar refractivity (Wildman–Crippen MR) is 95.7 cm³/mol. The van der Waals surface area contributed by atoms with Crippen LogP contribution in [0.3, 0.4) is 0 Å². The summed E-state index contributed by atoms with van der Waals surface area (Å²) >= 11 is 1.55. The SMILES string of the molecule is C=CC(=O)Oc1ccc2c(c1)sc1c(C)c(OC(=O)C=C)ccc12. The van der Waals surface area contributed by atoms with Crippen molar-refractivity contribution in [1.82, 2.24) is 0 Å². The molecule has 24 heavy (non-hydrogen) atoms. The minimum Gasteiger partial charge on any atom is -0.423 e. The van der Waals surface area contributed by atoms with Gasteiger partial charge >= 0.3 is 11.9 Å². The summed E-state index contributed by atoms with van der Waals surface area (Å²) in [7, 11) is 0. The highest BCUT2D eigenvalue weighted by molar-refractivity contribution is 7.26. The summed E-state index contributed by atoms with van der Waals surface area (Å²) in [6, 6.07) is 9.17. The number of ether oxygens (including phenoxy) is 2. The van der Waals surface area contributed by atoms with Gasteiger partial charge < -0.3 is 9.47 Å². The molecule has 120 valence electrons. The van der Waals surface area contributed by atoms with Gasteiger partial charge in [-0.2, -0.15) is 0 Å². The van der Waals surface area contributed by atoms with E-state index in [1.807, 2.05) is 25.1 Å². The number of fused-ring (bicyclic) bond motifs is 3. The standard InChI is InChI=1S/C19H14O4S/c1-4-17(20)22-12-6-7-13-14-8-9-15(23-18(21)5-2)11(3)19(14)24-16(13)10-12/h4-10H,1-2H2,3H3. The lowest BCUT2D eigenvalue weighted by Crippen LogP contribution is -2.04. The maximum atomic E-state index is 11.4. The fourth-order valence-electron chi connectivity index (χ4n) is 2.42. The Bertz CT molecular complexity index is 997. The fourth-order valence-corrected chi connectivity index (χ4v) is 3.64. The zero-order valence-corrected chi connectivity index (χ0v) is 13.8. The van der Waals surface area contributed by atoms with Crippen molar-refractivity contribution in [1.29, 1.82) is 0 Å². The van der Waals surface area contributed by atoms with Crippen LogP contribution in [0, 0.1) is 6.92 Å². The van der Waals surface area contributed by atoms with Crippen molar-refractivity contribution >= 4 is 43.4 Å². The lowest BCUT2D eigenvalue weighted by Gasteiger charge is -2.06. The summed E-state index contributed by atoms with van der Waals surface area (Å²) in [5.74, 6) is -0.00497. The van der Waals surface area contributed by atoms with Crippen LogP contribution in [0.4, 0.5) is 0 Å². The Hall–Kier alpha value is -2.92. The molecule has 3 aromatic rings. The third-order valence-electron chi connectivity index (χ3n) is 3.57. The van der Waals surface area contributed by atoms with Crippen molar-refractivity contribution < 1.29 is 19.1 Å². The average Bonchev–Trinajstić information content (AvgIpc) is 2.95. The second-order valence-electron chi connectivity index (χ2n) is 5.08. The van der Waals surface area contributed by atoms with E-state index < -0.39 is 11.9 Å². The number of benzene rings is 2. The van der Waals surface area contributed by atoms with Gasteiger partial charge in [0.1, 0.15) is 11.5 Å². The number of esters is 2. The molecule has 0 saturated carbocycles. The van der Waals surface area contributed by atoms with Gasteiger partial charge in [0, 0.05) is 37.9 Å². The summed E-state index contributed by atoms with van der Waals surface area (Å²) in [5, 5.41) is 2.12. The second kappa shape index (κ2) is 6.29. The largest absolute Gasteiger partial charge is 0.423 e. The third kappa shape index (κ3) is 2.81. The summed E-state index contributed by atoms with van der Waals surface area (Å²) in [6.07, 6.45) is 2.26. The molecular weight excluding hydrogens is 324 g/mol. The molecule has 0 aliphatic heterocycles. The zero-order valence-electron chi connectivity index (χ0n) is 13.0. The Kier molecular flexibility index (Phi) is 4.18. The number of rotatable bonds is 4. The van der Waals surface area contributed by atoms with Gasteiger partial charge in [0.25, 0.3) is 0 Å². The highest BCUT2D eigenvalue weighted by Gasteiger charge is 2.13. The van der Waals surface area contributed by atoms with E-state index in [1.165, 1.54) is 0 Å². The topological polar surface area (TPSA) is 52.6 Å². The van der Waals surface area contributed by atoms with Crippen LogP contribution in [-0.2, 0) is 9.59 Å². The molecule has 3 rings (SSSR count). The predicted octanol–water partition coefficient (Wildman–Crippen LogP) is 4.55. The molecule has 0 bridgehead atoms. The first kappa shape index (κ1) is 16.0. The molecule has 2 aromatic carbocycles. The molecule has 1 aromatic heterocycles. The van der Waals surface area contributed by atoms with E-state index in [2.05, 4.69) is 13.2 Å². The molecule has 0 atom stereocenters. The Morgan fingerprint density at radius 2 is 1.67 bits per heavy atom. The second-order valence-corrected chi connectivity index (χ2v) is 6.13. The Balaban J connectivity index is 2.10. The van der Waals surface area contributed by atoms with E-state index in [9.17, 15) is 9.59 Å². The van der Waals surface area contributed by atoms with Gasteiger partial charge in [-0.3, -0.25) is 0 Å². The average molecular weight is 338 g/mol. The van der Waals surface area contributed by atoms with E-state index in [0.29, 0.717) is 11.5 Å². The van der Waals surface area contributed by atoms with Crippen molar-refractivity contribution in [2.24, 2.45) is 0 Å². The van der Waals surface area contributed by atoms with E-state index in [4.69, 9.17) is 9.47 Å². The molecule has 0 amide bonds. The molecule has 5 heteroatoms. The van der Waals surface area contributed by atoms with Crippen molar-refractivity contribution in [3.8, 4) is 11.5 Å². The summed E-state index contributed by atoms with van der Waals surface area (Å²) in [4.78, 5) is 22.8. The number of carbonyl (C=O) groups excluding carboxylic acids is 2. The van der Waals surface area contributed by atoms with Gasteiger partial charge in [-0.1, -0.05) is 13.2 Å². The normalized spacial score (nSPS) is 10.5. The molecule has 0 spiro atoms. The van der Waals surface area contributed by atoms with Gasteiger partial charge in [0.2, 0.25) is 0 Å². The van der Waals surface area contributed by atoms with E-state index >= 15 is 0 Å². The van der Waals surface area contributed by atoms with Gasteiger partial charge in [0.15, 0.2) is 0 Å². The minimum atomic E-state index is -0.495. The van der Waals surface area contributed by atoms with Crippen LogP contribution >= 0.6 is 11.3 Å². The molecule has 0 aliphatic rings. The van der Waals surface area contributed by atoms with E-state index in [-0.39, 0.29) is 0 Å². The monoisotopic (exact) mass is 338 g/mol. The van der Waals surface area contributed by atoms with Gasteiger partial charge in [0.05, 0.1) is 0 Å². The quantitative estimate of drug-likeness (QED) is 0.398. The fraction of sp³-hybridized carbons (Fsp3) is 0.0526. The Morgan fingerprint density at radius 1 is 1.00 bits per heavy atom. The number of aryl methyl sites for hydroxylation is 1. The van der Waals surface area contributed by atoms with Crippen LogP contribution in [0.15, 0.2) is 55.6 Å². The van der Waals surface area contributed by atoms with Crippen LogP contribution in [-0.4, -0.2) is 11.9 Å². The Labute approximate surface area is 142 Å². The van der Waals surface area contributed by atoms with Crippen LogP contribution in [0.5, 0.6) is 11.5 Å². The molecule has 4 nitrogen and oxygen atoms in total. The lowest BCUT2D eigenvalue weighted by molar-refractivity contribution is -0.129. The van der Waals surface area contributed by atoms with Gasteiger partial charge in [-0.25, -0.2) is 9.59 Å². The summed E-state index contributed by atoms with van der Waals surface area (Å²) in [5.41, 5.74) is 0.883. The number of thiophene rings is 1. The van der Waals surface area contributed by atoms with Crippen molar-refractivity contribution in [2.75, 3.05) is 0 Å². The smallest absolute Gasteiger partial charge is 0.335 e. The van der Waals surface area contributed by atoms with E-state index in [0.717, 1.165) is 37.9 Å². The van der Waals surface area contributed by atoms with Gasteiger partial charge in [-0.15, -0.1) is 11.3 Å². The van der Waals surface area contributed by atoms with Crippen LogP contribution < -0.4 is 9.47 Å². The molecule has 0 aliphatic carbocycles. The highest BCUT2D eigenvalue weighted by atomic mass is 32.1. The lowest BCUT2D eigenvalue weighted by atomic mass is 10.1. The maximum Gasteiger partial charge on any atom is 0.335 e. The van der Waals surface area contributed by atoms with Crippen LogP contribution in [0.25, 0.3) is 20.2 Å². The molecule has 0 radical (unpaired) electrons. The first-order valence-electron chi connectivity index (χ1n) is 7.18. The summed E-state index contributed by atoms with van der Waals surface area (Å²) in [6.45, 7) is 8.69. The van der Waals surface area contributed by atoms with Crippen molar-refractivity contribution in [2.45, 2.75) is 6.92 Å². The zero-order chi connectivity index (χ0) is 17.3. The number of hydrogen-bond donors (Lipinski definition) is 0. The van der Waals surface area contributed by atoms with Crippen molar-refractivity contribution in [3.05, 3.63) is 61.2 Å². The molecule has 0 fully saturated rings. The molecule has 0 saturated heterocycles. The van der Waals surface area contributed by atoms with Crippen LogP contribution in [0.1, 0.15) is 5.56 Å². The highest BCUT2D eigenvalue weighted by Crippen LogP contribution is 2.40. The maximum absolute atomic E-state index is 11.4.